The van der Waals surface area contributed by atoms with Gasteiger partial charge in [-0.3, -0.25) is 0 Å². The summed E-state index contributed by atoms with van der Waals surface area (Å²) in [5.74, 6) is 0. The van der Waals surface area contributed by atoms with E-state index in [1.807, 2.05) is 76.2 Å². The fourth-order valence-corrected chi connectivity index (χ4v) is 3.40. The minimum atomic E-state index is -0.192. The summed E-state index contributed by atoms with van der Waals surface area (Å²) in [5.41, 5.74) is 7.31. The van der Waals surface area contributed by atoms with E-state index in [1.54, 1.807) is 0 Å². The van der Waals surface area contributed by atoms with Crippen LogP contribution < -0.4 is 29.9 Å². The van der Waals surface area contributed by atoms with Gasteiger partial charge in [-0.2, -0.15) is 6.42 Å². The molecular formula is C28H46Br3LiN2O4. The van der Waals surface area contributed by atoms with Gasteiger partial charge in [-0.25, -0.2) is 0 Å². The number of nitrogens with one attached hydrogen (secondary N) is 1. The van der Waals surface area contributed by atoms with Crippen LogP contribution in [0.25, 0.3) is 0 Å². The van der Waals surface area contributed by atoms with Gasteiger partial charge in [0.25, 0.3) is 0 Å². The zero-order chi connectivity index (χ0) is 28.3. The van der Waals surface area contributed by atoms with Gasteiger partial charge >= 0.3 is 18.9 Å². The predicted molar refractivity (Wildman–Crippen MR) is 169 cm³/mol. The van der Waals surface area contributed by atoms with Gasteiger partial charge in [-0.1, -0.05) is 53.5 Å². The number of ether oxygens (including phenoxy) is 4. The molecule has 0 unspecified atom stereocenters. The van der Waals surface area contributed by atoms with Crippen molar-refractivity contribution in [2.45, 2.75) is 60.0 Å². The van der Waals surface area contributed by atoms with Crippen molar-refractivity contribution >= 4 is 59.2 Å². The number of hydrogen-bond acceptors (Lipinski definition) is 6. The van der Waals surface area contributed by atoms with E-state index in [1.165, 1.54) is 6.42 Å². The van der Waals surface area contributed by atoms with Crippen LogP contribution in [0.1, 0.15) is 47.5 Å². The Balaban J connectivity index is -0.000000475. The number of nitrogens with two attached hydrogens (primary N) is 1. The molecule has 38 heavy (non-hydrogen) atoms. The fourth-order valence-electron chi connectivity index (χ4n) is 2.32. The molecule has 2 aromatic rings. The van der Waals surface area contributed by atoms with Crippen LogP contribution in [0, 0.1) is 6.92 Å². The molecule has 0 aromatic heterocycles. The van der Waals surface area contributed by atoms with E-state index in [9.17, 15) is 0 Å². The third-order valence-corrected chi connectivity index (χ3v) is 6.07. The first-order chi connectivity index (χ1) is 17.8. The number of rotatable bonds is 13. The largest absolute Gasteiger partial charge is 1.00 e. The maximum atomic E-state index is 5.47. The van der Waals surface area contributed by atoms with Crippen molar-refractivity contribution < 1.29 is 37.8 Å². The summed E-state index contributed by atoms with van der Waals surface area (Å²) in [4.78, 5) is 0. The normalized spacial score (nSPS) is 9.76. The predicted octanol–water partition coefficient (Wildman–Crippen LogP) is 5.70. The summed E-state index contributed by atoms with van der Waals surface area (Å²) in [6.45, 7) is 16.9. The van der Waals surface area contributed by atoms with Crippen molar-refractivity contribution in [2.75, 3.05) is 49.4 Å². The Morgan fingerprint density at radius 3 is 1.53 bits per heavy atom. The molecule has 0 saturated carbocycles. The van der Waals surface area contributed by atoms with Crippen LogP contribution in [0.4, 0.5) is 11.4 Å². The van der Waals surface area contributed by atoms with Gasteiger partial charge in [-0.15, -0.1) is 0 Å². The zero-order valence-electron chi connectivity index (χ0n) is 24.0. The maximum Gasteiger partial charge on any atom is 1.00 e. The Labute approximate surface area is 269 Å². The van der Waals surface area contributed by atoms with E-state index in [4.69, 9.17) is 24.7 Å². The van der Waals surface area contributed by atoms with Crippen LogP contribution in [0.15, 0.2) is 57.5 Å². The number of unbranched alkanes of at least 4 members (excludes halogenated alkanes) is 1. The quantitative estimate of drug-likeness (QED) is 0.0911. The Bertz CT molecular complexity index is 729. The van der Waals surface area contributed by atoms with Gasteiger partial charge in [0.2, 0.25) is 0 Å². The minimum Gasteiger partial charge on any atom is -0.398 e. The molecule has 0 aliphatic carbocycles. The van der Waals surface area contributed by atoms with Crippen LogP contribution in [-0.4, -0.2) is 50.9 Å². The van der Waals surface area contributed by atoms with Crippen LogP contribution in [0.5, 0.6) is 0 Å². The third kappa shape index (κ3) is 24.9. The Hall–Kier alpha value is -0.0826. The molecule has 10 heteroatoms. The van der Waals surface area contributed by atoms with E-state index in [0.29, 0.717) is 33.0 Å². The van der Waals surface area contributed by atoms with Crippen molar-refractivity contribution in [2.24, 2.45) is 0 Å². The van der Waals surface area contributed by atoms with Gasteiger partial charge in [0, 0.05) is 46.7 Å². The third-order valence-electron chi connectivity index (χ3n) is 4.13. The summed E-state index contributed by atoms with van der Waals surface area (Å²) in [6.07, 6.45) is 2.02. The molecule has 6 nitrogen and oxygen atoms in total. The minimum absolute atomic E-state index is 0. The van der Waals surface area contributed by atoms with Crippen LogP contribution in [0.2, 0.25) is 0 Å². The standard InChI is InChI=1S/C12H18BrNO2.C6H6BrN.C6H13BrO2.C4H9.Li/c1-3-15-12(16-4-2)9-14-11-8-6-5-7-10(11)13;7-5-3-1-2-4-6(5)8;1-3-8-6(5-7)9-4-2;1-3-4-2;/h5-8,12,14H,3-4,9H2,1-2H3;1-4H,8H2;6H,3-5H2,1-2H3;1,3-4H2,2H3;/q;;;-1;+1. The molecule has 0 bridgehead atoms. The number of anilines is 2. The van der Waals surface area contributed by atoms with Gasteiger partial charge in [0.1, 0.15) is 0 Å². The first kappa shape index (κ1) is 42.4. The molecule has 0 aliphatic rings. The number of alkyl halides is 1. The molecule has 0 fully saturated rings. The molecule has 0 heterocycles. The molecule has 2 rings (SSSR count). The van der Waals surface area contributed by atoms with Crippen molar-refractivity contribution in [1.82, 2.24) is 0 Å². The van der Waals surface area contributed by atoms with Crippen molar-refractivity contribution in [3.8, 4) is 0 Å². The summed E-state index contributed by atoms with van der Waals surface area (Å²) in [5, 5.41) is 4.03. The molecule has 2 aromatic carbocycles. The average molecular weight is 721 g/mol. The molecule has 0 aliphatic heterocycles. The zero-order valence-corrected chi connectivity index (χ0v) is 28.7. The smallest absolute Gasteiger partial charge is 0.398 e. The van der Waals surface area contributed by atoms with E-state index in [2.05, 4.69) is 67.0 Å². The summed E-state index contributed by atoms with van der Waals surface area (Å²) in [6, 6.07) is 15.6. The SMILES string of the molecule is CCOC(CBr)OCC.CCOC(CNc1ccccc1Br)OCC.Nc1ccccc1Br.[CH2-]CCC.[Li+]. The monoisotopic (exact) mass is 718 g/mol. The second-order valence-corrected chi connectivity index (χ2v) is 9.43. The van der Waals surface area contributed by atoms with Gasteiger partial charge in [-0.05, 0) is 83.8 Å². The second-order valence-electron chi connectivity index (χ2n) is 7.07. The molecule has 214 valence electrons. The number of para-hydroxylation sites is 2. The summed E-state index contributed by atoms with van der Waals surface area (Å²) < 4.78 is 23.2. The van der Waals surface area contributed by atoms with E-state index in [0.717, 1.165) is 32.1 Å². The molecular weight excluding hydrogens is 675 g/mol. The molecule has 0 spiro atoms. The van der Waals surface area contributed by atoms with E-state index >= 15 is 0 Å². The molecule has 3 N–H and O–H groups in total. The first-order valence-corrected chi connectivity index (χ1v) is 15.3. The second kappa shape index (κ2) is 31.4. The molecule has 0 radical (unpaired) electrons. The maximum absolute atomic E-state index is 5.47. The Morgan fingerprint density at radius 2 is 1.18 bits per heavy atom. The average Bonchev–Trinajstić information content (AvgIpc) is 2.91. The van der Waals surface area contributed by atoms with E-state index < -0.39 is 0 Å². The summed E-state index contributed by atoms with van der Waals surface area (Å²) >= 11 is 10.0. The number of halogens is 3. The topological polar surface area (TPSA) is 75.0 Å². The van der Waals surface area contributed by atoms with Gasteiger partial charge < -0.3 is 36.9 Å². The fraction of sp³-hybridized carbons (Fsp3) is 0.536. The van der Waals surface area contributed by atoms with Crippen LogP contribution in [0.3, 0.4) is 0 Å². The number of benzene rings is 2. The Kier molecular flexibility index (Phi) is 35.1. The van der Waals surface area contributed by atoms with Gasteiger partial charge in [0.05, 0.1) is 11.9 Å². The molecule has 0 amide bonds. The van der Waals surface area contributed by atoms with Crippen molar-refractivity contribution in [3.63, 3.8) is 0 Å². The van der Waals surface area contributed by atoms with Crippen molar-refractivity contribution in [3.05, 3.63) is 64.4 Å². The Morgan fingerprint density at radius 1 is 0.763 bits per heavy atom. The molecule has 0 atom stereocenters. The molecule has 0 saturated heterocycles. The first-order valence-electron chi connectivity index (χ1n) is 12.6. The number of hydrogen-bond donors (Lipinski definition) is 2. The van der Waals surface area contributed by atoms with Crippen LogP contribution in [-0.2, 0) is 18.9 Å². The number of nitrogen functional groups attached to an aromatic ring is 1. The van der Waals surface area contributed by atoms with Crippen LogP contribution >= 0.6 is 47.8 Å². The van der Waals surface area contributed by atoms with E-state index in [-0.39, 0.29) is 31.4 Å². The van der Waals surface area contributed by atoms with Crippen molar-refractivity contribution in [1.29, 1.82) is 0 Å². The summed E-state index contributed by atoms with van der Waals surface area (Å²) in [7, 11) is 0. The van der Waals surface area contributed by atoms with Gasteiger partial charge in [0.15, 0.2) is 12.6 Å².